The number of rotatable bonds is 6. The van der Waals surface area contributed by atoms with Crippen LogP contribution in [0.4, 0.5) is 11.4 Å². The number of benzene rings is 4. The molecule has 7 N–H and O–H groups in total. The quantitative estimate of drug-likeness (QED) is 0.114. The molecule has 4 aromatic rings. The van der Waals surface area contributed by atoms with Gasteiger partial charge in [-0.05, 0) is 59.0 Å². The molecule has 1 heterocycles. The van der Waals surface area contributed by atoms with Crippen molar-refractivity contribution in [3.05, 3.63) is 113 Å². The number of hydrogen-bond acceptors (Lipinski definition) is 8. The Morgan fingerprint density at radius 2 is 1.23 bits per heavy atom. The van der Waals surface area contributed by atoms with Gasteiger partial charge in [0.1, 0.15) is 27.6 Å². The zero-order valence-electron chi connectivity index (χ0n) is 22.4. The zero-order chi connectivity index (χ0) is 31.4. The van der Waals surface area contributed by atoms with Crippen LogP contribution in [0.1, 0.15) is 28.4 Å². The lowest BCUT2D eigenvalue weighted by atomic mass is 9.87. The van der Waals surface area contributed by atoms with Gasteiger partial charge >= 0.3 is 5.97 Å². The van der Waals surface area contributed by atoms with E-state index in [0.717, 1.165) is 29.0 Å². The van der Waals surface area contributed by atoms with Crippen molar-refractivity contribution in [2.75, 3.05) is 11.5 Å². The molecule has 2 atom stereocenters. The predicted octanol–water partition coefficient (Wildman–Crippen LogP) is 4.58. The maximum absolute atomic E-state index is 11.5. The minimum Gasteiger partial charge on any atom is -0.485 e. The first-order chi connectivity index (χ1) is 20.2. The van der Waals surface area contributed by atoms with Gasteiger partial charge in [-0.25, -0.2) is 0 Å². The molecule has 11 nitrogen and oxygen atoms in total. The molecule has 0 saturated heterocycles. The Bertz CT molecular complexity index is 1810. The summed E-state index contributed by atoms with van der Waals surface area (Å²) in [6.45, 7) is 0. The van der Waals surface area contributed by atoms with Crippen LogP contribution in [0.25, 0.3) is 12.2 Å². The first-order valence-corrected chi connectivity index (χ1v) is 15.6. The molecule has 0 saturated carbocycles. The van der Waals surface area contributed by atoms with Crippen LogP contribution in [0.5, 0.6) is 5.75 Å². The van der Waals surface area contributed by atoms with Crippen LogP contribution in [0.2, 0.25) is 0 Å². The van der Waals surface area contributed by atoms with Gasteiger partial charge in [0, 0.05) is 11.4 Å². The Morgan fingerprint density at radius 1 is 0.744 bits per heavy atom. The number of para-hydroxylation sites is 1. The van der Waals surface area contributed by atoms with Gasteiger partial charge in [0.25, 0.3) is 20.2 Å². The van der Waals surface area contributed by atoms with Crippen molar-refractivity contribution in [2.45, 2.75) is 22.3 Å². The SMILES string of the molecule is Nc1ccc(C=Cc2ccc(N)cc2S(=O)(=O)O)c(S(=O)(=O)O)c1.O=C(O)C1Cc2ccccc2OC1c1ccccc1. The number of ether oxygens (including phenoxy) is 1. The minimum atomic E-state index is -4.52. The van der Waals surface area contributed by atoms with Gasteiger partial charge < -0.3 is 21.3 Å². The third-order valence-corrected chi connectivity index (χ3v) is 8.37. The molecular weight excluding hydrogens is 596 g/mol. The standard InChI is InChI=1S/C16H14O3.C14H14N2O6S2/c17-16(18)13-10-12-8-4-5-9-14(12)19-15(13)11-6-2-1-3-7-11;15-11-5-3-9(13(7-11)23(17,18)19)1-2-10-4-6-12(16)8-14(10)24(20,21)22/h1-9,13,15H,10H2,(H,17,18);1-8H,15-16H2,(H,17,18,19)(H,20,21,22). The number of fused-ring (bicyclic) bond motifs is 1. The van der Waals surface area contributed by atoms with Crippen LogP contribution in [-0.4, -0.2) is 37.0 Å². The van der Waals surface area contributed by atoms with E-state index < -0.39 is 48.0 Å². The normalized spacial score (nSPS) is 16.4. The van der Waals surface area contributed by atoms with Gasteiger partial charge in [-0.1, -0.05) is 72.8 Å². The van der Waals surface area contributed by atoms with Gasteiger partial charge in [-0.2, -0.15) is 16.8 Å². The average molecular weight is 625 g/mol. The Morgan fingerprint density at radius 3 is 1.72 bits per heavy atom. The fourth-order valence-corrected chi connectivity index (χ4v) is 5.95. The van der Waals surface area contributed by atoms with E-state index in [1.165, 1.54) is 36.4 Å². The topological polar surface area (TPSA) is 207 Å². The largest absolute Gasteiger partial charge is 0.485 e. The van der Waals surface area contributed by atoms with Gasteiger partial charge in [-0.3, -0.25) is 13.9 Å². The average Bonchev–Trinajstić information content (AvgIpc) is 2.96. The highest BCUT2D eigenvalue weighted by Crippen LogP contribution is 2.38. The highest BCUT2D eigenvalue weighted by Gasteiger charge is 2.36. The molecule has 5 rings (SSSR count). The third-order valence-electron chi connectivity index (χ3n) is 6.55. The summed E-state index contributed by atoms with van der Waals surface area (Å²) in [5.41, 5.74) is 13.3. The van der Waals surface area contributed by atoms with Gasteiger partial charge in [-0.15, -0.1) is 0 Å². The highest BCUT2D eigenvalue weighted by atomic mass is 32.2. The monoisotopic (exact) mass is 624 g/mol. The van der Waals surface area contributed by atoms with Crippen molar-refractivity contribution in [3.8, 4) is 5.75 Å². The van der Waals surface area contributed by atoms with Crippen LogP contribution >= 0.6 is 0 Å². The minimum absolute atomic E-state index is 0.0878. The first kappa shape index (κ1) is 31.3. The molecule has 0 spiro atoms. The number of carboxylic acid groups (broad SMARTS) is 1. The van der Waals surface area contributed by atoms with Crippen LogP contribution in [0, 0.1) is 5.92 Å². The molecule has 2 unspecified atom stereocenters. The number of carboxylic acids is 1. The fourth-order valence-electron chi connectivity index (χ4n) is 4.51. The Hall–Kier alpha value is -4.69. The molecule has 0 aliphatic carbocycles. The summed E-state index contributed by atoms with van der Waals surface area (Å²) in [6, 6.07) is 24.8. The van der Waals surface area contributed by atoms with Gasteiger partial charge in [0.05, 0.1) is 0 Å². The molecule has 0 amide bonds. The molecule has 13 heteroatoms. The van der Waals surface area contributed by atoms with Gasteiger partial charge in [0.2, 0.25) is 0 Å². The van der Waals surface area contributed by atoms with E-state index in [0.29, 0.717) is 6.42 Å². The van der Waals surface area contributed by atoms with Crippen molar-refractivity contribution >= 4 is 49.7 Å². The molecule has 0 fully saturated rings. The molecule has 0 aromatic heterocycles. The number of carbonyl (C=O) groups is 1. The second kappa shape index (κ2) is 12.7. The summed E-state index contributed by atoms with van der Waals surface area (Å²) in [7, 11) is -9.05. The van der Waals surface area contributed by atoms with Crippen LogP contribution in [0.3, 0.4) is 0 Å². The number of nitrogens with two attached hydrogens (primary N) is 2. The molecule has 0 radical (unpaired) electrons. The smallest absolute Gasteiger partial charge is 0.310 e. The molecule has 1 aliphatic rings. The molecule has 43 heavy (non-hydrogen) atoms. The maximum Gasteiger partial charge on any atom is 0.310 e. The van der Waals surface area contributed by atoms with Crippen LogP contribution in [-0.2, 0) is 31.5 Å². The predicted molar refractivity (Wildman–Crippen MR) is 161 cm³/mol. The molecular formula is C30H28N2O9S2. The molecule has 0 bridgehead atoms. The van der Waals surface area contributed by atoms with Crippen molar-refractivity contribution in [2.24, 2.45) is 5.92 Å². The summed E-state index contributed by atoms with van der Waals surface area (Å²) < 4.78 is 70.0. The lowest BCUT2D eigenvalue weighted by Gasteiger charge is -2.31. The van der Waals surface area contributed by atoms with E-state index in [9.17, 15) is 35.8 Å². The summed E-state index contributed by atoms with van der Waals surface area (Å²) >= 11 is 0. The molecule has 1 aliphatic heterocycles. The zero-order valence-corrected chi connectivity index (χ0v) is 24.1. The highest BCUT2D eigenvalue weighted by molar-refractivity contribution is 7.86. The Balaban J connectivity index is 0.000000202. The van der Waals surface area contributed by atoms with Crippen molar-refractivity contribution in [1.82, 2.24) is 0 Å². The summed E-state index contributed by atoms with van der Waals surface area (Å²) in [4.78, 5) is 10.6. The van der Waals surface area contributed by atoms with E-state index in [2.05, 4.69) is 0 Å². The van der Waals surface area contributed by atoms with E-state index in [1.54, 1.807) is 0 Å². The van der Waals surface area contributed by atoms with E-state index in [-0.39, 0.29) is 22.5 Å². The van der Waals surface area contributed by atoms with E-state index >= 15 is 0 Å². The van der Waals surface area contributed by atoms with E-state index in [1.807, 2.05) is 54.6 Å². The van der Waals surface area contributed by atoms with E-state index in [4.69, 9.17) is 16.2 Å². The lowest BCUT2D eigenvalue weighted by molar-refractivity contribution is -0.145. The fraction of sp³-hybridized carbons (Fsp3) is 0.100. The summed E-state index contributed by atoms with van der Waals surface area (Å²) in [5, 5.41) is 9.42. The third kappa shape index (κ3) is 7.78. The number of anilines is 2. The van der Waals surface area contributed by atoms with Gasteiger partial charge in [0.15, 0.2) is 0 Å². The summed E-state index contributed by atoms with van der Waals surface area (Å²) in [5.74, 6) is -0.575. The Kier molecular flexibility index (Phi) is 9.21. The second-order valence-corrected chi connectivity index (χ2v) is 12.4. The number of hydrogen-bond donors (Lipinski definition) is 5. The molecule has 4 aromatic carbocycles. The van der Waals surface area contributed by atoms with Crippen molar-refractivity contribution < 1.29 is 40.6 Å². The molecule has 224 valence electrons. The second-order valence-electron chi connectivity index (χ2n) is 9.58. The maximum atomic E-state index is 11.5. The van der Waals surface area contributed by atoms with Crippen LogP contribution in [0.15, 0.2) is 101 Å². The van der Waals surface area contributed by atoms with Crippen LogP contribution < -0.4 is 16.2 Å². The Labute approximate surface area is 248 Å². The van der Waals surface area contributed by atoms with Crippen molar-refractivity contribution in [1.29, 1.82) is 0 Å². The first-order valence-electron chi connectivity index (χ1n) is 12.7. The lowest BCUT2D eigenvalue weighted by Crippen LogP contribution is -2.31. The van der Waals surface area contributed by atoms with Crippen molar-refractivity contribution in [3.63, 3.8) is 0 Å². The number of nitrogen functional groups attached to an aromatic ring is 2. The summed E-state index contributed by atoms with van der Waals surface area (Å²) in [6.07, 6.45) is 2.62. The number of aliphatic carboxylic acids is 1.